The summed E-state index contributed by atoms with van der Waals surface area (Å²) in [5.74, 6) is 1.85. The van der Waals surface area contributed by atoms with Gasteiger partial charge in [-0.15, -0.1) is 24.0 Å². The van der Waals surface area contributed by atoms with E-state index in [2.05, 4.69) is 35.3 Å². The number of hydrogen-bond donors (Lipinski definition) is 1. The fraction of sp³-hybridized carbons (Fsp3) is 0.550. The van der Waals surface area contributed by atoms with Crippen molar-refractivity contribution in [1.29, 1.82) is 0 Å². The van der Waals surface area contributed by atoms with Crippen LogP contribution in [0.4, 0.5) is 0 Å². The second-order valence-corrected chi connectivity index (χ2v) is 6.42. The maximum absolute atomic E-state index is 5.69. The van der Waals surface area contributed by atoms with Crippen molar-refractivity contribution >= 4 is 35.5 Å². The molecule has 1 unspecified atom stereocenters. The van der Waals surface area contributed by atoms with Crippen LogP contribution in [0.2, 0.25) is 0 Å². The Morgan fingerprint density at radius 3 is 2.93 bits per heavy atom. The Balaban J connectivity index is 0.00000261. The summed E-state index contributed by atoms with van der Waals surface area (Å²) in [6.07, 6.45) is 3.33. The maximum Gasteiger partial charge on any atom is 0.194 e. The summed E-state index contributed by atoms with van der Waals surface area (Å²) >= 11 is 0. The number of halogens is 1. The van der Waals surface area contributed by atoms with Gasteiger partial charge in [-0.1, -0.05) is 18.2 Å². The molecule has 0 bridgehead atoms. The predicted molar refractivity (Wildman–Crippen MR) is 119 cm³/mol. The van der Waals surface area contributed by atoms with Gasteiger partial charge in [0.05, 0.1) is 33.5 Å². The van der Waals surface area contributed by atoms with Gasteiger partial charge in [0.2, 0.25) is 0 Å². The fourth-order valence-electron chi connectivity index (χ4n) is 3.20. The normalized spacial score (nSPS) is 20.5. The second kappa shape index (κ2) is 11.5. The van der Waals surface area contributed by atoms with E-state index in [1.165, 1.54) is 11.1 Å². The Morgan fingerprint density at radius 2 is 2.26 bits per heavy atom. The zero-order valence-corrected chi connectivity index (χ0v) is 18.5. The first kappa shape index (κ1) is 22.0. The van der Waals surface area contributed by atoms with Crippen LogP contribution in [0.5, 0.6) is 5.75 Å². The van der Waals surface area contributed by atoms with E-state index in [0.717, 1.165) is 37.8 Å². The Hall–Kier alpha value is -1.32. The van der Waals surface area contributed by atoms with E-state index in [4.69, 9.17) is 19.2 Å². The number of aliphatic imine (C=N–C) groups is 1. The molecule has 2 aliphatic heterocycles. The van der Waals surface area contributed by atoms with E-state index in [9.17, 15) is 0 Å². The van der Waals surface area contributed by atoms with Crippen LogP contribution in [-0.2, 0) is 9.47 Å². The van der Waals surface area contributed by atoms with Gasteiger partial charge in [0.15, 0.2) is 5.96 Å². The zero-order valence-electron chi connectivity index (χ0n) is 16.1. The van der Waals surface area contributed by atoms with E-state index < -0.39 is 0 Å². The molecule has 0 spiro atoms. The molecule has 1 N–H and O–H groups in total. The molecule has 6 nitrogen and oxygen atoms in total. The van der Waals surface area contributed by atoms with Gasteiger partial charge in [0.1, 0.15) is 11.9 Å². The molecule has 1 fully saturated rings. The molecule has 3 rings (SSSR count). The summed E-state index contributed by atoms with van der Waals surface area (Å²) in [6.45, 7) is 7.34. The summed E-state index contributed by atoms with van der Waals surface area (Å²) in [7, 11) is 1.70. The van der Waals surface area contributed by atoms with Crippen LogP contribution in [-0.4, -0.2) is 70.1 Å². The number of guanidine groups is 1. The number of ether oxygens (including phenoxy) is 3. The first-order chi connectivity index (χ1) is 12.8. The molecule has 2 aliphatic rings. The molecule has 0 aromatic heterocycles. The smallest absolute Gasteiger partial charge is 0.194 e. The maximum atomic E-state index is 5.69. The molecular weight excluding hydrogens is 457 g/mol. The molecule has 0 aliphatic carbocycles. The highest BCUT2D eigenvalue weighted by molar-refractivity contribution is 14.0. The van der Waals surface area contributed by atoms with E-state index in [0.29, 0.717) is 26.4 Å². The molecule has 0 saturated carbocycles. The predicted octanol–water partition coefficient (Wildman–Crippen LogP) is 2.78. The molecule has 0 amide bonds. The number of methoxy groups -OCH3 is 1. The number of rotatable bonds is 5. The fourth-order valence-corrected chi connectivity index (χ4v) is 3.20. The van der Waals surface area contributed by atoms with Crippen LogP contribution in [0, 0.1) is 0 Å². The summed E-state index contributed by atoms with van der Waals surface area (Å²) in [5.41, 5.74) is 2.60. The average molecular weight is 487 g/mol. The van der Waals surface area contributed by atoms with Crippen LogP contribution in [0.1, 0.15) is 18.9 Å². The third-order valence-electron chi connectivity index (χ3n) is 4.61. The minimum Gasteiger partial charge on any atom is -0.497 e. The lowest BCUT2D eigenvalue weighted by atomic mass is 9.99. The summed E-state index contributed by atoms with van der Waals surface area (Å²) in [6, 6.07) is 8.26. The van der Waals surface area contributed by atoms with Gasteiger partial charge >= 0.3 is 0 Å². The van der Waals surface area contributed by atoms with Crippen molar-refractivity contribution < 1.29 is 14.2 Å². The molecule has 0 radical (unpaired) electrons. The second-order valence-electron chi connectivity index (χ2n) is 6.42. The third kappa shape index (κ3) is 6.36. The summed E-state index contributed by atoms with van der Waals surface area (Å²) < 4.78 is 16.5. The van der Waals surface area contributed by atoms with E-state index >= 15 is 0 Å². The Bertz CT molecular complexity index is 645. The minimum absolute atomic E-state index is 0. The van der Waals surface area contributed by atoms with E-state index in [-0.39, 0.29) is 30.1 Å². The Morgan fingerprint density at radius 1 is 1.37 bits per heavy atom. The van der Waals surface area contributed by atoms with Gasteiger partial charge in [0.25, 0.3) is 0 Å². The minimum atomic E-state index is 0. The summed E-state index contributed by atoms with van der Waals surface area (Å²) in [4.78, 5) is 7.05. The zero-order chi connectivity index (χ0) is 18.2. The van der Waals surface area contributed by atoms with Crippen LogP contribution < -0.4 is 10.1 Å². The molecule has 2 heterocycles. The van der Waals surface area contributed by atoms with Crippen molar-refractivity contribution in [1.82, 2.24) is 10.2 Å². The van der Waals surface area contributed by atoms with Crippen molar-refractivity contribution in [2.45, 2.75) is 19.4 Å². The highest BCUT2D eigenvalue weighted by Crippen LogP contribution is 2.25. The number of benzene rings is 1. The van der Waals surface area contributed by atoms with Crippen LogP contribution in [0.3, 0.4) is 0 Å². The topological polar surface area (TPSA) is 55.3 Å². The monoisotopic (exact) mass is 487 g/mol. The standard InChI is InChI=1S/C20H29N3O3.HI/c1-3-21-20(22-14-19-15-25-11-12-26-19)23-9-7-16(8-10-23)17-5-4-6-18(13-17)24-2;/h4-7,13,19H,3,8-12,14-15H2,1-2H3,(H,21,22);1H. The first-order valence-electron chi connectivity index (χ1n) is 9.36. The average Bonchev–Trinajstić information content (AvgIpc) is 2.72. The number of nitrogens with zero attached hydrogens (tertiary/aromatic N) is 2. The molecule has 27 heavy (non-hydrogen) atoms. The van der Waals surface area contributed by atoms with Crippen molar-refractivity contribution in [3.05, 3.63) is 35.9 Å². The van der Waals surface area contributed by atoms with Gasteiger partial charge in [-0.05, 0) is 36.6 Å². The van der Waals surface area contributed by atoms with Gasteiger partial charge < -0.3 is 24.4 Å². The molecule has 1 saturated heterocycles. The molecule has 1 atom stereocenters. The summed E-state index contributed by atoms with van der Waals surface area (Å²) in [5, 5.41) is 3.40. The van der Waals surface area contributed by atoms with E-state index in [1.54, 1.807) is 7.11 Å². The van der Waals surface area contributed by atoms with Gasteiger partial charge in [-0.2, -0.15) is 0 Å². The highest BCUT2D eigenvalue weighted by Gasteiger charge is 2.18. The van der Waals surface area contributed by atoms with Crippen molar-refractivity contribution in [2.75, 3.05) is 53.1 Å². The third-order valence-corrected chi connectivity index (χ3v) is 4.61. The highest BCUT2D eigenvalue weighted by atomic mass is 127. The van der Waals surface area contributed by atoms with E-state index in [1.807, 2.05) is 12.1 Å². The van der Waals surface area contributed by atoms with Gasteiger partial charge in [0, 0.05) is 19.6 Å². The Kier molecular flexibility index (Phi) is 9.36. The molecule has 1 aromatic carbocycles. The first-order valence-corrected chi connectivity index (χ1v) is 9.36. The quantitative estimate of drug-likeness (QED) is 0.394. The molecular formula is C20H30IN3O3. The van der Waals surface area contributed by atoms with Crippen LogP contribution in [0.15, 0.2) is 35.3 Å². The van der Waals surface area contributed by atoms with Gasteiger partial charge in [-0.3, -0.25) is 4.99 Å². The lowest BCUT2D eigenvalue weighted by Crippen LogP contribution is -2.44. The molecule has 1 aromatic rings. The Labute approximate surface area is 179 Å². The molecule has 150 valence electrons. The van der Waals surface area contributed by atoms with Crippen LogP contribution >= 0.6 is 24.0 Å². The molecule has 7 heteroatoms. The van der Waals surface area contributed by atoms with Crippen molar-refractivity contribution in [3.63, 3.8) is 0 Å². The van der Waals surface area contributed by atoms with Gasteiger partial charge in [-0.25, -0.2) is 0 Å². The van der Waals surface area contributed by atoms with Crippen molar-refractivity contribution in [2.24, 2.45) is 4.99 Å². The van der Waals surface area contributed by atoms with Crippen LogP contribution in [0.25, 0.3) is 5.57 Å². The SMILES string of the molecule is CCNC(=NCC1COCCO1)N1CC=C(c2cccc(OC)c2)CC1.I. The van der Waals surface area contributed by atoms with Crippen molar-refractivity contribution in [3.8, 4) is 5.75 Å². The lowest BCUT2D eigenvalue weighted by molar-refractivity contribution is -0.0833. The largest absolute Gasteiger partial charge is 0.497 e. The lowest BCUT2D eigenvalue weighted by Gasteiger charge is -2.30. The number of hydrogen-bond acceptors (Lipinski definition) is 4. The number of nitrogens with one attached hydrogen (secondary N) is 1.